The zero-order valence-electron chi connectivity index (χ0n) is 4.44. The van der Waals surface area contributed by atoms with Gasteiger partial charge in [-0.15, -0.1) is 23.5 Å². The van der Waals surface area contributed by atoms with Gasteiger partial charge in [-0.3, -0.25) is 0 Å². The van der Waals surface area contributed by atoms with E-state index in [-0.39, 0.29) is 18.9 Å². The summed E-state index contributed by atoms with van der Waals surface area (Å²) in [7, 11) is 0. The molecule has 1 fully saturated rings. The Hall–Kier alpha value is 1.30. The van der Waals surface area contributed by atoms with Gasteiger partial charge in [0.15, 0.2) is 0 Å². The van der Waals surface area contributed by atoms with E-state index in [1.807, 2.05) is 23.5 Å². The van der Waals surface area contributed by atoms with E-state index in [1.165, 1.54) is 17.9 Å². The van der Waals surface area contributed by atoms with Crippen molar-refractivity contribution in [3.63, 3.8) is 0 Å². The van der Waals surface area contributed by atoms with Gasteiger partial charge < -0.3 is 0 Å². The normalized spacial score (nSPS) is 22.1. The monoisotopic (exact) mass is 141 g/mol. The van der Waals surface area contributed by atoms with Gasteiger partial charge in [-0.2, -0.15) is 0 Å². The molecule has 0 aromatic rings. The topological polar surface area (TPSA) is 0 Å². The molecule has 0 aliphatic carbocycles. The van der Waals surface area contributed by atoms with E-state index in [9.17, 15) is 0 Å². The van der Waals surface area contributed by atoms with E-state index in [2.05, 4.69) is 6.92 Å². The Morgan fingerprint density at radius 1 is 1.25 bits per heavy atom. The van der Waals surface area contributed by atoms with Crippen LogP contribution in [-0.2, 0) is 0 Å². The second-order valence-electron chi connectivity index (χ2n) is 1.54. The zero-order chi connectivity index (χ0) is 5.11. The van der Waals surface area contributed by atoms with Crippen LogP contribution in [0.4, 0.5) is 0 Å². The molecule has 0 bridgehead atoms. The Kier molecular flexibility index (Phi) is 5.94. The first-order chi connectivity index (χ1) is 3.39. The molecule has 1 aliphatic heterocycles. The first-order valence-electron chi connectivity index (χ1n) is 2.49. The van der Waals surface area contributed by atoms with Crippen molar-refractivity contribution in [2.75, 3.05) is 11.5 Å². The summed E-state index contributed by atoms with van der Waals surface area (Å²) in [4.78, 5) is 0. The molecule has 1 radical (unpaired) electrons. The van der Waals surface area contributed by atoms with Gasteiger partial charge in [-0.05, 0) is 24.9 Å². The summed E-state index contributed by atoms with van der Waals surface area (Å²) in [5, 5.41) is 0. The molecule has 1 saturated heterocycles. The Morgan fingerprint density at radius 2 is 1.75 bits per heavy atom. The van der Waals surface area contributed by atoms with Crippen LogP contribution in [0.2, 0.25) is 0 Å². The third-order valence-electron chi connectivity index (χ3n) is 0.899. The second-order valence-corrected chi connectivity index (χ2v) is 4.42. The maximum atomic E-state index is 2.20. The van der Waals surface area contributed by atoms with Crippen molar-refractivity contribution in [3.8, 4) is 0 Å². The van der Waals surface area contributed by atoms with Crippen LogP contribution < -0.4 is 0 Å². The van der Waals surface area contributed by atoms with E-state index < -0.39 is 0 Å². The van der Waals surface area contributed by atoms with E-state index >= 15 is 0 Å². The summed E-state index contributed by atoms with van der Waals surface area (Å²) >= 11 is 4.00. The van der Waals surface area contributed by atoms with E-state index in [4.69, 9.17) is 0 Å². The third kappa shape index (κ3) is 3.35. The first-order valence-corrected chi connectivity index (χ1v) is 4.46. The van der Waals surface area contributed by atoms with Gasteiger partial charge in [0.05, 0.1) is 4.58 Å². The first kappa shape index (κ1) is 9.30. The van der Waals surface area contributed by atoms with Gasteiger partial charge in [0.1, 0.15) is 0 Å². The Morgan fingerprint density at radius 3 is 2.00 bits per heavy atom. The number of thioether (sulfide) groups is 2. The summed E-state index contributed by atoms with van der Waals surface area (Å²) in [6.07, 6.45) is 1.40. The zero-order valence-corrected chi connectivity index (χ0v) is 6.07. The van der Waals surface area contributed by atoms with Crippen molar-refractivity contribution in [3.05, 3.63) is 4.58 Å². The van der Waals surface area contributed by atoms with Crippen molar-refractivity contribution >= 4 is 42.4 Å². The second kappa shape index (κ2) is 5.11. The molecular weight excluding hydrogens is 131 g/mol. The van der Waals surface area contributed by atoms with Gasteiger partial charge in [-0.25, -0.2) is 0 Å². The van der Waals surface area contributed by atoms with Crippen molar-refractivity contribution in [1.29, 1.82) is 0 Å². The molecule has 0 spiro atoms. The molecule has 3 heteroatoms. The minimum absolute atomic E-state index is 0. The molecule has 0 amide bonds. The van der Waals surface area contributed by atoms with Crippen molar-refractivity contribution in [2.45, 2.75) is 13.3 Å². The fraction of sp³-hybridized carbons (Fsp3) is 0.800. The van der Waals surface area contributed by atoms with E-state index in [0.29, 0.717) is 0 Å². The average molecular weight is 141 g/mol. The number of rotatable bonds is 0. The minimum atomic E-state index is 0. The molecule has 0 nitrogen and oxygen atoms in total. The van der Waals surface area contributed by atoms with Gasteiger partial charge in [0.25, 0.3) is 0 Å². The molecule has 1 heterocycles. The molecule has 8 heavy (non-hydrogen) atoms. The summed E-state index contributed by atoms with van der Waals surface area (Å²) in [6, 6.07) is 0. The third-order valence-corrected chi connectivity index (χ3v) is 3.41. The number of hydrogen-bond donors (Lipinski definition) is 0. The molecule has 0 N–H and O–H groups in total. The Balaban J connectivity index is 0.000000490. The van der Waals surface area contributed by atoms with E-state index in [0.717, 1.165) is 0 Å². The average Bonchev–Trinajstić information content (AvgIpc) is 1.69. The van der Waals surface area contributed by atoms with Crippen LogP contribution in [0.3, 0.4) is 0 Å². The molecule has 1 rings (SSSR count). The number of hydrogen-bond acceptors (Lipinski definition) is 2. The summed E-state index contributed by atoms with van der Waals surface area (Å²) in [5.41, 5.74) is 0. The fourth-order valence-electron chi connectivity index (χ4n) is 0.532. The van der Waals surface area contributed by atoms with Crippen LogP contribution in [0.25, 0.3) is 0 Å². The van der Waals surface area contributed by atoms with Gasteiger partial charge in [0, 0.05) is 0 Å². The summed E-state index contributed by atoms with van der Waals surface area (Å²) in [6.45, 7) is 2.20. The van der Waals surface area contributed by atoms with Gasteiger partial charge in [0.2, 0.25) is 0 Å². The van der Waals surface area contributed by atoms with E-state index in [1.54, 1.807) is 4.58 Å². The molecule has 0 aromatic heterocycles. The molecule has 0 unspecified atom stereocenters. The quantitative estimate of drug-likeness (QED) is 0.471. The molecule has 43 valence electrons. The molecule has 0 aromatic carbocycles. The Bertz CT molecular complexity index is 52.4. The maximum absolute atomic E-state index is 2.20. The van der Waals surface area contributed by atoms with Crippen LogP contribution >= 0.6 is 23.5 Å². The van der Waals surface area contributed by atoms with Crippen molar-refractivity contribution in [2.24, 2.45) is 0 Å². The SMILES string of the molecule is C[C]1SCCCS1.[LiH]. The molecule has 0 atom stereocenters. The predicted octanol–water partition coefficient (Wildman–Crippen LogP) is 1.72. The van der Waals surface area contributed by atoms with Crippen molar-refractivity contribution < 1.29 is 0 Å². The molecule has 0 saturated carbocycles. The Labute approximate surface area is 71.7 Å². The van der Waals surface area contributed by atoms with Crippen LogP contribution in [0.1, 0.15) is 13.3 Å². The van der Waals surface area contributed by atoms with Crippen LogP contribution in [0, 0.1) is 4.58 Å². The van der Waals surface area contributed by atoms with Gasteiger partial charge >= 0.3 is 18.9 Å². The van der Waals surface area contributed by atoms with Crippen molar-refractivity contribution in [1.82, 2.24) is 0 Å². The van der Waals surface area contributed by atoms with Crippen LogP contribution in [-0.4, -0.2) is 30.4 Å². The molecule has 1 aliphatic rings. The predicted molar refractivity (Wildman–Crippen MR) is 45.6 cm³/mol. The summed E-state index contributed by atoms with van der Waals surface area (Å²) < 4.78 is 1.55. The van der Waals surface area contributed by atoms with Crippen LogP contribution in [0.15, 0.2) is 0 Å². The summed E-state index contributed by atoms with van der Waals surface area (Å²) in [5.74, 6) is 2.69. The van der Waals surface area contributed by atoms with Gasteiger partial charge in [-0.1, -0.05) is 0 Å². The molecular formula is C5H10LiS2. The van der Waals surface area contributed by atoms with Crippen LogP contribution in [0.5, 0.6) is 0 Å². The standard InChI is InChI=1S/C5H9S2.Li.H/c1-5-6-3-2-4-7-5;;/h2-4H2,1H3;;. The fourth-order valence-corrected chi connectivity index (χ4v) is 2.70.